The van der Waals surface area contributed by atoms with Crippen molar-refractivity contribution >= 4 is 44.7 Å². The molecule has 0 saturated carbocycles. The smallest absolute Gasteiger partial charge is 0.263 e. The molecule has 2 heterocycles. The number of aryl methyl sites for hydroxylation is 2. The van der Waals surface area contributed by atoms with Crippen LogP contribution in [0.3, 0.4) is 0 Å². The van der Waals surface area contributed by atoms with Gasteiger partial charge in [0.15, 0.2) is 0 Å². The first-order valence-electron chi connectivity index (χ1n) is 7.41. The summed E-state index contributed by atoms with van der Waals surface area (Å²) >= 11 is 7.32. The van der Waals surface area contributed by atoms with Gasteiger partial charge in [0, 0.05) is 15.6 Å². The molecule has 0 spiro atoms. The van der Waals surface area contributed by atoms with E-state index in [1.807, 2.05) is 13.8 Å². The number of carbonyl (C=O) groups excluding carboxylic acids is 1. The normalized spacial score (nSPS) is 12.3. The van der Waals surface area contributed by atoms with Gasteiger partial charge in [-0.25, -0.2) is 4.98 Å². The largest absolute Gasteiger partial charge is 0.324 e. The lowest BCUT2D eigenvalue weighted by Gasteiger charge is -2.15. The Labute approximate surface area is 147 Å². The Balaban J connectivity index is 1.93. The Kier molecular flexibility index (Phi) is 4.43. The molecule has 3 rings (SSSR count). The number of hydrogen-bond donors (Lipinski definition) is 1. The second-order valence-electron chi connectivity index (χ2n) is 5.59. The molecule has 0 bridgehead atoms. The molecule has 5 nitrogen and oxygen atoms in total. The fraction of sp³-hybridized carbons (Fsp3) is 0.235. The highest BCUT2D eigenvalue weighted by Crippen LogP contribution is 2.26. The van der Waals surface area contributed by atoms with E-state index >= 15 is 0 Å². The number of hydrogen-bond acceptors (Lipinski definition) is 4. The molecule has 1 aromatic carbocycles. The number of aromatic nitrogens is 2. The molecule has 1 atom stereocenters. The molecule has 1 N–H and O–H groups in total. The average molecular weight is 362 g/mol. The SMILES string of the molecule is Cc1sc2ncn([C@H](C)C(=O)Nc3ccc(Cl)cc3)c(=O)c2c1C. The summed E-state index contributed by atoms with van der Waals surface area (Å²) in [7, 11) is 0. The van der Waals surface area contributed by atoms with Crippen LogP contribution in [-0.4, -0.2) is 15.5 Å². The van der Waals surface area contributed by atoms with E-state index in [0.717, 1.165) is 10.4 Å². The fourth-order valence-electron chi connectivity index (χ4n) is 2.43. The molecule has 0 fully saturated rings. The van der Waals surface area contributed by atoms with Gasteiger partial charge in [0.1, 0.15) is 10.9 Å². The second-order valence-corrected chi connectivity index (χ2v) is 7.23. The maximum Gasteiger partial charge on any atom is 0.263 e. The van der Waals surface area contributed by atoms with Crippen molar-refractivity contribution in [3.8, 4) is 0 Å². The highest BCUT2D eigenvalue weighted by molar-refractivity contribution is 7.18. The third-order valence-electron chi connectivity index (χ3n) is 4.02. The van der Waals surface area contributed by atoms with Crippen LogP contribution in [0.4, 0.5) is 5.69 Å². The van der Waals surface area contributed by atoms with Crippen LogP contribution < -0.4 is 10.9 Å². The summed E-state index contributed by atoms with van der Waals surface area (Å²) in [5.74, 6) is -0.287. The predicted octanol–water partition coefficient (Wildman–Crippen LogP) is 3.93. The molecule has 0 aliphatic heterocycles. The van der Waals surface area contributed by atoms with E-state index in [0.29, 0.717) is 20.9 Å². The monoisotopic (exact) mass is 361 g/mol. The molecule has 2 aromatic heterocycles. The predicted molar refractivity (Wildman–Crippen MR) is 98.1 cm³/mol. The zero-order valence-electron chi connectivity index (χ0n) is 13.5. The van der Waals surface area contributed by atoms with E-state index < -0.39 is 6.04 Å². The zero-order chi connectivity index (χ0) is 17.4. The third kappa shape index (κ3) is 2.95. The van der Waals surface area contributed by atoms with Crippen LogP contribution in [0.25, 0.3) is 10.2 Å². The van der Waals surface area contributed by atoms with E-state index in [2.05, 4.69) is 10.3 Å². The molecular formula is C17H16ClN3O2S. The number of fused-ring (bicyclic) bond motifs is 1. The van der Waals surface area contributed by atoms with Gasteiger partial charge >= 0.3 is 0 Å². The lowest BCUT2D eigenvalue weighted by molar-refractivity contribution is -0.118. The fourth-order valence-corrected chi connectivity index (χ4v) is 3.54. The summed E-state index contributed by atoms with van der Waals surface area (Å²) in [5.41, 5.74) is 1.36. The van der Waals surface area contributed by atoms with E-state index in [1.54, 1.807) is 31.2 Å². The standard InChI is InChI=1S/C17H16ClN3O2S/c1-9-11(3)24-16-14(9)17(23)21(8-19-16)10(2)15(22)20-13-6-4-12(18)5-7-13/h4-8,10H,1-3H3,(H,20,22)/t10-/m1/s1. The molecule has 1 amide bonds. The maximum absolute atomic E-state index is 12.7. The van der Waals surface area contributed by atoms with Crippen molar-refractivity contribution in [2.24, 2.45) is 0 Å². The molecule has 24 heavy (non-hydrogen) atoms. The van der Waals surface area contributed by atoms with E-state index in [1.165, 1.54) is 22.2 Å². The lowest BCUT2D eigenvalue weighted by Crippen LogP contribution is -2.31. The van der Waals surface area contributed by atoms with Crippen LogP contribution in [-0.2, 0) is 4.79 Å². The molecule has 7 heteroatoms. The number of anilines is 1. The summed E-state index contributed by atoms with van der Waals surface area (Å²) in [6, 6.07) is 6.13. The third-order valence-corrected chi connectivity index (χ3v) is 5.39. The van der Waals surface area contributed by atoms with Gasteiger partial charge in [0.2, 0.25) is 5.91 Å². The zero-order valence-corrected chi connectivity index (χ0v) is 15.0. The molecule has 3 aromatic rings. The van der Waals surface area contributed by atoms with Crippen molar-refractivity contribution in [1.29, 1.82) is 0 Å². The van der Waals surface area contributed by atoms with Crippen molar-refractivity contribution in [3.05, 3.63) is 56.4 Å². The highest BCUT2D eigenvalue weighted by Gasteiger charge is 2.20. The summed E-state index contributed by atoms with van der Waals surface area (Å²) in [5, 5.41) is 3.96. The molecule has 124 valence electrons. The first-order valence-corrected chi connectivity index (χ1v) is 8.61. The number of benzene rings is 1. The van der Waals surface area contributed by atoms with Gasteiger partial charge in [-0.1, -0.05) is 11.6 Å². The van der Waals surface area contributed by atoms with Crippen molar-refractivity contribution in [3.63, 3.8) is 0 Å². The van der Waals surface area contributed by atoms with Gasteiger partial charge in [-0.2, -0.15) is 0 Å². The average Bonchev–Trinajstić information content (AvgIpc) is 2.85. The number of thiophene rings is 1. The van der Waals surface area contributed by atoms with Crippen molar-refractivity contribution in [1.82, 2.24) is 9.55 Å². The van der Waals surface area contributed by atoms with E-state index in [-0.39, 0.29) is 11.5 Å². The van der Waals surface area contributed by atoms with Gasteiger partial charge < -0.3 is 5.32 Å². The Morgan fingerprint density at radius 3 is 2.62 bits per heavy atom. The van der Waals surface area contributed by atoms with Crippen LogP contribution in [0.15, 0.2) is 35.4 Å². The number of halogens is 1. The van der Waals surface area contributed by atoms with E-state index in [4.69, 9.17) is 11.6 Å². The van der Waals surface area contributed by atoms with Gasteiger partial charge in [-0.15, -0.1) is 11.3 Å². The Bertz CT molecular complexity index is 976. The minimum absolute atomic E-state index is 0.194. The minimum Gasteiger partial charge on any atom is -0.324 e. The summed E-state index contributed by atoms with van der Waals surface area (Å²) < 4.78 is 1.37. The highest BCUT2D eigenvalue weighted by atomic mass is 35.5. The van der Waals surface area contributed by atoms with Gasteiger partial charge in [-0.3, -0.25) is 14.2 Å². The topological polar surface area (TPSA) is 64.0 Å². The maximum atomic E-state index is 12.7. The van der Waals surface area contributed by atoms with Gasteiger partial charge in [0.05, 0.1) is 11.7 Å². The van der Waals surface area contributed by atoms with Crippen LogP contribution in [0, 0.1) is 13.8 Å². The summed E-state index contributed by atoms with van der Waals surface area (Å²) in [6.07, 6.45) is 1.44. The molecule has 0 aliphatic rings. The second kappa shape index (κ2) is 6.37. The van der Waals surface area contributed by atoms with Crippen molar-refractivity contribution < 1.29 is 4.79 Å². The number of nitrogens with one attached hydrogen (secondary N) is 1. The van der Waals surface area contributed by atoms with Crippen LogP contribution in [0.1, 0.15) is 23.4 Å². The molecule has 0 saturated heterocycles. The Morgan fingerprint density at radius 2 is 1.96 bits per heavy atom. The first kappa shape index (κ1) is 16.7. The van der Waals surface area contributed by atoms with Gasteiger partial charge in [-0.05, 0) is 50.6 Å². The number of rotatable bonds is 3. The number of carbonyl (C=O) groups is 1. The molecular weight excluding hydrogens is 346 g/mol. The Hall–Kier alpha value is -2.18. The number of amides is 1. The minimum atomic E-state index is -0.676. The van der Waals surface area contributed by atoms with Crippen molar-refractivity contribution in [2.75, 3.05) is 5.32 Å². The quantitative estimate of drug-likeness (QED) is 0.768. The lowest BCUT2D eigenvalue weighted by atomic mass is 10.2. The molecule has 0 unspecified atom stereocenters. The van der Waals surface area contributed by atoms with Crippen molar-refractivity contribution in [2.45, 2.75) is 26.8 Å². The number of nitrogens with zero attached hydrogens (tertiary/aromatic N) is 2. The Morgan fingerprint density at radius 1 is 1.29 bits per heavy atom. The summed E-state index contributed by atoms with van der Waals surface area (Å²) in [4.78, 5) is 31.3. The van der Waals surface area contributed by atoms with Crippen LogP contribution in [0.5, 0.6) is 0 Å². The van der Waals surface area contributed by atoms with Gasteiger partial charge in [0.25, 0.3) is 5.56 Å². The first-order chi connectivity index (χ1) is 11.4. The van der Waals surface area contributed by atoms with Crippen LogP contribution >= 0.6 is 22.9 Å². The van der Waals surface area contributed by atoms with Crippen LogP contribution in [0.2, 0.25) is 5.02 Å². The summed E-state index contributed by atoms with van der Waals surface area (Å²) in [6.45, 7) is 5.54. The van der Waals surface area contributed by atoms with E-state index in [9.17, 15) is 9.59 Å². The molecule has 0 radical (unpaired) electrons. The molecule has 0 aliphatic carbocycles.